The Morgan fingerprint density at radius 2 is 1.72 bits per heavy atom. The number of carbonyl (C=O) groups is 2. The maximum Gasteiger partial charge on any atom is 0.410 e. The summed E-state index contributed by atoms with van der Waals surface area (Å²) in [5, 5.41) is 10.2. The van der Waals surface area contributed by atoms with Gasteiger partial charge < -0.3 is 14.7 Å². The zero-order valence-electron chi connectivity index (χ0n) is 14.3. The maximum atomic E-state index is 14.4. The molecule has 0 spiro atoms. The number of alkyl halides is 2. The van der Waals surface area contributed by atoms with Gasteiger partial charge in [-0.05, 0) is 38.0 Å². The fourth-order valence-electron chi connectivity index (χ4n) is 2.20. The number of aliphatic hydroxyl groups is 1. The van der Waals surface area contributed by atoms with Gasteiger partial charge in [0.05, 0.1) is 0 Å². The van der Waals surface area contributed by atoms with Gasteiger partial charge in [0.2, 0.25) is 5.78 Å². The molecule has 0 radical (unpaired) electrons. The number of hydrogen-bond acceptors (Lipinski definition) is 4. The van der Waals surface area contributed by atoms with E-state index in [4.69, 9.17) is 16.3 Å². The fraction of sp³-hybridized carbons (Fsp3) is 0.529. The summed E-state index contributed by atoms with van der Waals surface area (Å²) in [7, 11) is 0. The highest BCUT2D eigenvalue weighted by molar-refractivity contribution is 6.30. The van der Waals surface area contributed by atoms with Crippen LogP contribution in [0.2, 0.25) is 5.02 Å². The quantitative estimate of drug-likeness (QED) is 0.747. The molecule has 5 nitrogen and oxygen atoms in total. The van der Waals surface area contributed by atoms with Crippen LogP contribution in [0.1, 0.15) is 38.9 Å². The number of carbonyl (C=O) groups excluding carboxylic acids is 2. The Hall–Kier alpha value is -1.73. The van der Waals surface area contributed by atoms with Gasteiger partial charge in [0.25, 0.3) is 0 Å². The Morgan fingerprint density at radius 3 is 2.16 bits per heavy atom. The van der Waals surface area contributed by atoms with Crippen LogP contribution < -0.4 is 0 Å². The van der Waals surface area contributed by atoms with E-state index in [0.717, 1.165) is 0 Å². The summed E-state index contributed by atoms with van der Waals surface area (Å²) < 4.78 is 33.7. The topological polar surface area (TPSA) is 66.8 Å². The second-order valence-electron chi connectivity index (χ2n) is 5.39. The van der Waals surface area contributed by atoms with Crippen molar-refractivity contribution in [1.82, 2.24) is 4.90 Å². The van der Waals surface area contributed by atoms with Crippen LogP contribution in [0.25, 0.3) is 0 Å². The lowest BCUT2D eigenvalue weighted by Gasteiger charge is -2.27. The molecule has 2 atom stereocenters. The first kappa shape index (κ1) is 21.3. The van der Waals surface area contributed by atoms with Crippen LogP contribution in [0, 0.1) is 0 Å². The first-order chi connectivity index (χ1) is 11.7. The van der Waals surface area contributed by atoms with Crippen molar-refractivity contribution in [3.05, 3.63) is 34.9 Å². The summed E-state index contributed by atoms with van der Waals surface area (Å²) in [6.07, 6.45) is -4.99. The van der Waals surface area contributed by atoms with E-state index in [2.05, 4.69) is 0 Å². The van der Waals surface area contributed by atoms with Crippen molar-refractivity contribution in [3.63, 3.8) is 0 Å². The predicted molar refractivity (Wildman–Crippen MR) is 89.8 cm³/mol. The molecule has 0 aliphatic rings. The van der Waals surface area contributed by atoms with Gasteiger partial charge in [0.15, 0.2) is 12.2 Å². The number of ether oxygens (including phenoxy) is 1. The lowest BCUT2D eigenvalue weighted by atomic mass is 9.96. The van der Waals surface area contributed by atoms with E-state index < -0.39 is 30.0 Å². The van der Waals surface area contributed by atoms with Gasteiger partial charge >= 0.3 is 12.0 Å². The van der Waals surface area contributed by atoms with Crippen LogP contribution >= 0.6 is 11.6 Å². The minimum atomic E-state index is -4.11. The van der Waals surface area contributed by atoms with E-state index in [0.29, 0.717) is 18.1 Å². The third-order valence-corrected chi connectivity index (χ3v) is 4.04. The van der Waals surface area contributed by atoms with Crippen LogP contribution in [0.3, 0.4) is 0 Å². The van der Waals surface area contributed by atoms with E-state index in [9.17, 15) is 23.5 Å². The predicted octanol–water partition coefficient (Wildman–Crippen LogP) is 3.83. The second-order valence-corrected chi connectivity index (χ2v) is 5.83. The monoisotopic (exact) mass is 377 g/mol. The highest BCUT2D eigenvalue weighted by Crippen LogP contribution is 2.34. The Kier molecular flexibility index (Phi) is 7.76. The molecule has 140 valence electrons. The molecular formula is C17H22ClF2NO4. The van der Waals surface area contributed by atoms with Gasteiger partial charge in [0, 0.05) is 18.1 Å². The standard InChI is InChI=1S/C17H22ClF2NO4/c1-4-13(25-16(24)21(5-2)6-3)15(23)17(19,20)14(22)11-7-9-12(18)10-8-11/h7-10,13-14,22H,4-6H2,1-3H3/t13-,14-/m1/s1. The van der Waals surface area contributed by atoms with Gasteiger partial charge in [-0.25, -0.2) is 4.79 Å². The van der Waals surface area contributed by atoms with Crippen LogP contribution in [-0.2, 0) is 9.53 Å². The van der Waals surface area contributed by atoms with Crippen molar-refractivity contribution >= 4 is 23.5 Å². The number of hydrogen-bond donors (Lipinski definition) is 1. The molecule has 1 N–H and O–H groups in total. The Balaban J connectivity index is 2.95. The van der Waals surface area contributed by atoms with Gasteiger partial charge in [0.1, 0.15) is 0 Å². The smallest absolute Gasteiger partial charge is 0.410 e. The molecule has 1 aromatic carbocycles. The van der Waals surface area contributed by atoms with Crippen LogP contribution in [0.15, 0.2) is 24.3 Å². The zero-order chi connectivity index (χ0) is 19.2. The molecule has 25 heavy (non-hydrogen) atoms. The lowest BCUT2D eigenvalue weighted by molar-refractivity contribution is -0.171. The third-order valence-electron chi connectivity index (χ3n) is 3.79. The molecule has 8 heteroatoms. The molecule has 0 aromatic heterocycles. The summed E-state index contributed by atoms with van der Waals surface area (Å²) >= 11 is 5.68. The summed E-state index contributed by atoms with van der Waals surface area (Å²) in [5.74, 6) is -5.75. The number of aliphatic hydroxyl groups excluding tert-OH is 1. The van der Waals surface area contributed by atoms with Crippen molar-refractivity contribution in [2.75, 3.05) is 13.1 Å². The molecule has 0 unspecified atom stereocenters. The van der Waals surface area contributed by atoms with Crippen molar-refractivity contribution < 1.29 is 28.2 Å². The van der Waals surface area contributed by atoms with Gasteiger partial charge in [-0.1, -0.05) is 30.7 Å². The minimum absolute atomic E-state index is 0.130. The summed E-state index contributed by atoms with van der Waals surface area (Å²) in [6.45, 7) is 5.50. The SMILES string of the molecule is CC[C@@H](OC(=O)N(CC)CC)C(=O)C(F)(F)[C@H](O)c1ccc(Cl)cc1. The van der Waals surface area contributed by atoms with Crippen LogP contribution in [0.4, 0.5) is 13.6 Å². The molecule has 1 rings (SSSR count). The van der Waals surface area contributed by atoms with Gasteiger partial charge in [-0.3, -0.25) is 4.79 Å². The number of Topliss-reactive ketones (excluding diaryl/α,β-unsaturated/α-hetero) is 1. The Bertz CT molecular complexity index is 591. The normalized spacial score (nSPS) is 13.9. The van der Waals surface area contributed by atoms with Crippen molar-refractivity contribution in [1.29, 1.82) is 0 Å². The number of amides is 1. The molecule has 0 heterocycles. The average Bonchev–Trinajstić information content (AvgIpc) is 2.60. The fourth-order valence-corrected chi connectivity index (χ4v) is 2.33. The number of ketones is 1. The Morgan fingerprint density at radius 1 is 1.20 bits per heavy atom. The highest BCUT2D eigenvalue weighted by atomic mass is 35.5. The largest absolute Gasteiger partial charge is 0.438 e. The van der Waals surface area contributed by atoms with E-state index in [-0.39, 0.29) is 12.0 Å². The summed E-state index contributed by atoms with van der Waals surface area (Å²) in [6, 6.07) is 5.07. The number of rotatable bonds is 8. The first-order valence-electron chi connectivity index (χ1n) is 8.00. The average molecular weight is 378 g/mol. The first-order valence-corrected chi connectivity index (χ1v) is 8.37. The third kappa shape index (κ3) is 5.12. The number of nitrogens with zero attached hydrogens (tertiary/aromatic N) is 1. The molecule has 0 bridgehead atoms. The zero-order valence-corrected chi connectivity index (χ0v) is 15.1. The van der Waals surface area contributed by atoms with Gasteiger partial charge in [-0.15, -0.1) is 0 Å². The second kappa shape index (κ2) is 9.10. The minimum Gasteiger partial charge on any atom is -0.438 e. The van der Waals surface area contributed by atoms with E-state index >= 15 is 0 Å². The van der Waals surface area contributed by atoms with Crippen LogP contribution in [0.5, 0.6) is 0 Å². The van der Waals surface area contributed by atoms with Crippen molar-refractivity contribution in [2.24, 2.45) is 0 Å². The highest BCUT2D eigenvalue weighted by Gasteiger charge is 2.50. The summed E-state index contributed by atoms with van der Waals surface area (Å²) in [4.78, 5) is 25.4. The molecular weight excluding hydrogens is 356 g/mol. The molecule has 0 saturated carbocycles. The lowest BCUT2D eigenvalue weighted by Crippen LogP contribution is -2.46. The molecule has 0 fully saturated rings. The summed E-state index contributed by atoms with van der Waals surface area (Å²) in [5.41, 5.74) is -0.160. The van der Waals surface area contributed by atoms with Crippen molar-refractivity contribution in [2.45, 2.75) is 45.3 Å². The molecule has 0 aliphatic carbocycles. The Labute approximate surface area is 150 Å². The van der Waals surface area contributed by atoms with E-state index in [1.807, 2.05) is 0 Å². The maximum absolute atomic E-state index is 14.4. The molecule has 0 saturated heterocycles. The van der Waals surface area contributed by atoms with E-state index in [1.54, 1.807) is 13.8 Å². The number of benzene rings is 1. The van der Waals surface area contributed by atoms with Crippen molar-refractivity contribution in [3.8, 4) is 0 Å². The number of halogens is 3. The molecule has 1 amide bonds. The van der Waals surface area contributed by atoms with E-state index in [1.165, 1.54) is 36.1 Å². The van der Waals surface area contributed by atoms with Gasteiger partial charge in [-0.2, -0.15) is 8.78 Å². The molecule has 1 aromatic rings. The molecule has 0 aliphatic heterocycles. The van der Waals surface area contributed by atoms with Crippen LogP contribution in [-0.4, -0.2) is 47.0 Å².